The van der Waals surface area contributed by atoms with Gasteiger partial charge in [0.25, 0.3) is 0 Å². The molecule has 2 rings (SSSR count). The molecule has 3 nitrogen and oxygen atoms in total. The zero-order valence-electron chi connectivity index (χ0n) is 8.03. The Bertz CT molecular complexity index is 490. The first-order valence-corrected chi connectivity index (χ1v) is 3.79. The molecule has 0 bridgehead atoms. The van der Waals surface area contributed by atoms with Crippen molar-refractivity contribution >= 4 is 11.0 Å². The molecule has 0 aliphatic carbocycles. The molecule has 0 atom stereocenters. The summed E-state index contributed by atoms with van der Waals surface area (Å²) in [7, 11) is 1.56. The van der Waals surface area contributed by atoms with E-state index in [2.05, 4.69) is 6.07 Å². The Morgan fingerprint density at radius 3 is 2.93 bits per heavy atom. The van der Waals surface area contributed by atoms with E-state index in [4.69, 9.17) is 9.15 Å². The summed E-state index contributed by atoms with van der Waals surface area (Å²) in [5.41, 5.74) is 0.0452. The Labute approximate surface area is 103 Å². The second-order valence-corrected chi connectivity index (χ2v) is 2.58. The predicted molar refractivity (Wildman–Crippen MR) is 47.9 cm³/mol. The first-order chi connectivity index (χ1) is 6.29. The second kappa shape index (κ2) is 4.64. The van der Waals surface area contributed by atoms with Crippen molar-refractivity contribution in [2.24, 2.45) is 0 Å². The fourth-order valence-electron chi connectivity index (χ4n) is 1.12. The maximum atomic E-state index is 10.8. The number of hydrogen-bond acceptors (Lipinski definition) is 3. The van der Waals surface area contributed by atoms with Crippen molar-refractivity contribution < 1.29 is 38.7 Å². The number of benzene rings is 1. The summed E-state index contributed by atoms with van der Waals surface area (Å²) in [6.07, 6.45) is 0. The van der Waals surface area contributed by atoms with E-state index in [0.717, 1.165) is 5.39 Å². The third-order valence-electron chi connectivity index (χ3n) is 1.77. The molecule has 0 aliphatic heterocycles. The molecule has 1 heterocycles. The molecule has 0 N–H and O–H groups in total. The van der Waals surface area contributed by atoms with Crippen LogP contribution < -0.4 is 39.9 Å². The minimum absolute atomic E-state index is 0. The number of rotatable bonds is 1. The van der Waals surface area contributed by atoms with Crippen molar-refractivity contribution in [3.63, 3.8) is 0 Å². The van der Waals surface area contributed by atoms with Gasteiger partial charge in [0.1, 0.15) is 5.75 Å². The number of ether oxygens (including phenoxy) is 1. The Kier molecular flexibility index (Phi) is 3.75. The van der Waals surface area contributed by atoms with Crippen LogP contribution in [0.5, 0.6) is 5.75 Å². The summed E-state index contributed by atoms with van der Waals surface area (Å²) in [5, 5.41) is 0.834. The molecule has 0 unspecified atom stereocenters. The van der Waals surface area contributed by atoms with Crippen LogP contribution in [0.2, 0.25) is 0 Å². The topological polar surface area (TPSA) is 39.4 Å². The van der Waals surface area contributed by atoms with Crippen molar-refractivity contribution in [3.8, 4) is 5.75 Å². The summed E-state index contributed by atoms with van der Waals surface area (Å²) < 4.78 is 9.90. The van der Waals surface area contributed by atoms with Gasteiger partial charge in [0.05, 0.1) is 12.7 Å². The molecule has 2 aromatic rings. The van der Waals surface area contributed by atoms with Crippen molar-refractivity contribution in [2.45, 2.75) is 0 Å². The molecular formula is C10H7NaO3. The zero-order chi connectivity index (χ0) is 9.26. The van der Waals surface area contributed by atoms with Crippen LogP contribution in [0.3, 0.4) is 0 Å². The van der Waals surface area contributed by atoms with Gasteiger partial charge < -0.3 is 9.15 Å². The van der Waals surface area contributed by atoms with Gasteiger partial charge in [0.15, 0.2) is 0 Å². The van der Waals surface area contributed by atoms with Gasteiger partial charge in [-0.3, -0.25) is 4.79 Å². The third-order valence-corrected chi connectivity index (χ3v) is 1.77. The molecule has 1 aromatic heterocycles. The number of fused-ring (bicyclic) bond motifs is 1. The van der Waals surface area contributed by atoms with Crippen LogP contribution in [0.1, 0.15) is 0 Å². The van der Waals surface area contributed by atoms with E-state index in [1.807, 2.05) is 6.07 Å². The zero-order valence-corrected chi connectivity index (χ0v) is 10.0. The van der Waals surface area contributed by atoms with Gasteiger partial charge in [-0.15, -0.1) is 11.5 Å². The minimum atomic E-state index is -0.472. The Balaban J connectivity index is 0.000000980. The average Bonchev–Trinajstić information content (AvgIpc) is 2.16. The first kappa shape index (κ1) is 11.3. The van der Waals surface area contributed by atoms with Crippen LogP contribution in [-0.4, -0.2) is 7.11 Å². The summed E-state index contributed by atoms with van der Waals surface area (Å²) in [5.74, 6) is 0.668. The fraction of sp³-hybridized carbons (Fsp3) is 0.100. The van der Waals surface area contributed by atoms with Crippen molar-refractivity contribution in [2.75, 3.05) is 7.11 Å². The summed E-state index contributed by atoms with van der Waals surface area (Å²) >= 11 is 0. The molecule has 66 valence electrons. The van der Waals surface area contributed by atoms with Gasteiger partial charge in [-0.1, -0.05) is 0 Å². The van der Waals surface area contributed by atoms with Crippen LogP contribution in [0.4, 0.5) is 0 Å². The van der Waals surface area contributed by atoms with Gasteiger partial charge in [0.2, 0.25) is 5.63 Å². The standard InChI is InChI=1S/C10H7O3.Na/c1-12-8-4-2-7-3-5-10(11)13-9(7)6-8;/h2-4,6H,1H3;/q-1;+1. The SMILES string of the molecule is COc1ccc2c[c-]c(=O)oc2c1.[Na+]. The largest absolute Gasteiger partial charge is 1.00 e. The van der Waals surface area contributed by atoms with E-state index in [1.54, 1.807) is 25.3 Å². The smallest absolute Gasteiger partial charge is 0.497 e. The van der Waals surface area contributed by atoms with Crippen LogP contribution in [-0.2, 0) is 0 Å². The van der Waals surface area contributed by atoms with Gasteiger partial charge in [0, 0.05) is 6.07 Å². The normalized spacial score (nSPS) is 9.50. The van der Waals surface area contributed by atoms with Crippen molar-refractivity contribution in [1.29, 1.82) is 0 Å². The predicted octanol–water partition coefficient (Wildman–Crippen LogP) is -1.39. The molecular weight excluding hydrogens is 191 g/mol. The van der Waals surface area contributed by atoms with E-state index in [0.29, 0.717) is 11.3 Å². The molecule has 14 heavy (non-hydrogen) atoms. The molecule has 0 amide bonds. The van der Waals surface area contributed by atoms with E-state index >= 15 is 0 Å². The number of hydrogen-bond donors (Lipinski definition) is 0. The Hall–Kier alpha value is -0.770. The molecule has 4 heteroatoms. The maximum Gasteiger partial charge on any atom is 1.00 e. The van der Waals surface area contributed by atoms with Gasteiger partial charge in [-0.05, 0) is 6.07 Å². The monoisotopic (exact) mass is 198 g/mol. The van der Waals surface area contributed by atoms with Gasteiger partial charge >= 0.3 is 29.6 Å². The van der Waals surface area contributed by atoms with E-state index in [1.165, 1.54) is 0 Å². The molecule has 1 aromatic carbocycles. The minimum Gasteiger partial charge on any atom is -0.497 e. The molecule has 0 radical (unpaired) electrons. The maximum absolute atomic E-state index is 10.8. The van der Waals surface area contributed by atoms with Crippen molar-refractivity contribution in [3.05, 3.63) is 40.8 Å². The van der Waals surface area contributed by atoms with E-state index in [-0.39, 0.29) is 29.6 Å². The fourth-order valence-corrected chi connectivity index (χ4v) is 1.12. The second-order valence-electron chi connectivity index (χ2n) is 2.58. The molecule has 0 spiro atoms. The first-order valence-electron chi connectivity index (χ1n) is 3.79. The molecule has 0 saturated carbocycles. The number of methoxy groups -OCH3 is 1. The van der Waals surface area contributed by atoms with Gasteiger partial charge in [-0.25, -0.2) is 6.07 Å². The Morgan fingerprint density at radius 1 is 1.43 bits per heavy atom. The van der Waals surface area contributed by atoms with Gasteiger partial charge in [-0.2, -0.15) is 6.07 Å². The third kappa shape index (κ3) is 2.18. The van der Waals surface area contributed by atoms with Crippen LogP contribution in [0.25, 0.3) is 11.0 Å². The van der Waals surface area contributed by atoms with Crippen LogP contribution in [0.15, 0.2) is 33.5 Å². The summed E-state index contributed by atoms with van der Waals surface area (Å²) in [6.45, 7) is 0. The average molecular weight is 198 g/mol. The molecule has 0 fully saturated rings. The van der Waals surface area contributed by atoms with Crippen LogP contribution in [0, 0.1) is 6.07 Å². The van der Waals surface area contributed by atoms with E-state index in [9.17, 15) is 4.79 Å². The quantitative estimate of drug-likeness (QED) is 0.321. The summed E-state index contributed by atoms with van der Waals surface area (Å²) in [4.78, 5) is 10.8. The van der Waals surface area contributed by atoms with Crippen LogP contribution >= 0.6 is 0 Å². The molecule has 0 aliphatic rings. The Morgan fingerprint density at radius 2 is 2.21 bits per heavy atom. The summed E-state index contributed by atoms with van der Waals surface area (Å²) in [6, 6.07) is 9.33. The molecule has 0 saturated heterocycles. The van der Waals surface area contributed by atoms with E-state index < -0.39 is 5.63 Å². The van der Waals surface area contributed by atoms with Crippen molar-refractivity contribution in [1.82, 2.24) is 0 Å².